The van der Waals surface area contributed by atoms with Crippen LogP contribution in [-0.4, -0.2) is 33.3 Å². The Morgan fingerprint density at radius 3 is 2.70 bits per heavy atom. The van der Waals surface area contributed by atoms with Crippen molar-refractivity contribution < 1.29 is 17.9 Å². The molecule has 0 aliphatic rings. The quantitative estimate of drug-likeness (QED) is 0.383. The van der Waals surface area contributed by atoms with Crippen LogP contribution in [0.25, 0.3) is 0 Å². The van der Waals surface area contributed by atoms with Crippen molar-refractivity contribution in [2.45, 2.75) is 13.3 Å². The van der Waals surface area contributed by atoms with Crippen LogP contribution in [0.5, 0.6) is 0 Å². The number of benzene rings is 1. The molecule has 0 unspecified atom stereocenters. The summed E-state index contributed by atoms with van der Waals surface area (Å²) in [5.74, 6) is -0.615. The van der Waals surface area contributed by atoms with Gasteiger partial charge in [-0.05, 0) is 25.5 Å². The Hall–Kier alpha value is -1.80. The Kier molecular flexibility index (Phi) is 5.78. The van der Waals surface area contributed by atoms with E-state index in [1.807, 2.05) is 0 Å². The van der Waals surface area contributed by atoms with E-state index in [0.29, 0.717) is 29.9 Å². The highest BCUT2D eigenvalue weighted by Crippen LogP contribution is 2.24. The number of esters is 1. The molecule has 1 aromatic carbocycles. The molecular weight excluding hydrogens is 282 g/mol. The molecule has 7 nitrogen and oxygen atoms in total. The van der Waals surface area contributed by atoms with Crippen LogP contribution >= 0.6 is 0 Å². The number of carbonyl (C=O) groups is 1. The number of para-hydroxylation sites is 1. The topological polar surface area (TPSA) is 125 Å². The minimum Gasteiger partial charge on any atom is -0.462 e. The lowest BCUT2D eigenvalue weighted by atomic mass is 10.1. The van der Waals surface area contributed by atoms with Crippen LogP contribution in [0.4, 0.5) is 11.4 Å². The second-order valence-corrected chi connectivity index (χ2v) is 5.87. The monoisotopic (exact) mass is 301 g/mol. The van der Waals surface area contributed by atoms with Gasteiger partial charge in [0.2, 0.25) is 10.0 Å². The van der Waals surface area contributed by atoms with Gasteiger partial charge in [-0.15, -0.1) is 0 Å². The number of carbonyl (C=O) groups excluding carboxylic acids is 1. The van der Waals surface area contributed by atoms with Gasteiger partial charge in [0.05, 0.1) is 29.3 Å². The van der Waals surface area contributed by atoms with Crippen LogP contribution in [0.15, 0.2) is 18.2 Å². The molecule has 0 aromatic heterocycles. The fourth-order valence-electron chi connectivity index (χ4n) is 1.63. The highest BCUT2D eigenvalue weighted by Gasteiger charge is 2.14. The average Bonchev–Trinajstić information content (AvgIpc) is 2.35. The number of rotatable bonds is 7. The average molecular weight is 301 g/mol. The lowest BCUT2D eigenvalue weighted by molar-refractivity contribution is 0.0527. The summed E-state index contributed by atoms with van der Waals surface area (Å²) in [4.78, 5) is 11.8. The summed E-state index contributed by atoms with van der Waals surface area (Å²) in [6.45, 7) is 2.30. The van der Waals surface area contributed by atoms with Gasteiger partial charge >= 0.3 is 5.97 Å². The van der Waals surface area contributed by atoms with Crippen molar-refractivity contribution in [1.29, 1.82) is 0 Å². The molecule has 0 bridgehead atoms. The summed E-state index contributed by atoms with van der Waals surface area (Å²) in [6, 6.07) is 4.89. The van der Waals surface area contributed by atoms with Gasteiger partial charge in [0.15, 0.2) is 0 Å². The molecule has 20 heavy (non-hydrogen) atoms. The fraction of sp³-hybridized carbons (Fsp3) is 0.417. The molecule has 0 saturated heterocycles. The molecule has 8 heteroatoms. The normalized spacial score (nSPS) is 11.1. The maximum Gasteiger partial charge on any atom is 0.340 e. The number of hydrogen-bond acceptors (Lipinski definition) is 6. The molecule has 112 valence electrons. The second-order valence-electron chi connectivity index (χ2n) is 4.14. The highest BCUT2D eigenvalue weighted by molar-refractivity contribution is 7.89. The zero-order valence-corrected chi connectivity index (χ0v) is 12.1. The standard InChI is InChI=1S/C12H19N3O4S/c1-2-19-12(16)9-5-3-6-10(13)11(9)15-7-4-8-20(14,17)18/h3,5-6,15H,2,4,7-8,13H2,1H3,(H2,14,17,18). The van der Waals surface area contributed by atoms with Crippen LogP contribution < -0.4 is 16.2 Å². The Balaban J connectivity index is 2.75. The summed E-state index contributed by atoms with van der Waals surface area (Å²) in [7, 11) is -3.49. The smallest absolute Gasteiger partial charge is 0.340 e. The van der Waals surface area contributed by atoms with Gasteiger partial charge in [0.1, 0.15) is 0 Å². The van der Waals surface area contributed by atoms with Crippen molar-refractivity contribution in [3.05, 3.63) is 23.8 Å². The maximum atomic E-state index is 11.8. The van der Waals surface area contributed by atoms with E-state index in [9.17, 15) is 13.2 Å². The molecule has 0 aliphatic carbocycles. The first kappa shape index (κ1) is 16.3. The molecular formula is C12H19N3O4S. The van der Waals surface area contributed by atoms with E-state index in [2.05, 4.69) is 5.32 Å². The fourth-order valence-corrected chi connectivity index (χ4v) is 2.18. The molecule has 5 N–H and O–H groups in total. The first-order chi connectivity index (χ1) is 9.35. The summed E-state index contributed by atoms with van der Waals surface area (Å²) >= 11 is 0. The predicted octanol–water partition coefficient (Wildman–Crippen LogP) is 0.536. The third kappa shape index (κ3) is 5.06. The largest absolute Gasteiger partial charge is 0.462 e. The molecule has 0 heterocycles. The van der Waals surface area contributed by atoms with E-state index < -0.39 is 16.0 Å². The van der Waals surface area contributed by atoms with Crippen molar-refractivity contribution >= 4 is 27.4 Å². The SMILES string of the molecule is CCOC(=O)c1cccc(N)c1NCCCS(N)(=O)=O. The van der Waals surface area contributed by atoms with E-state index in [1.165, 1.54) is 0 Å². The first-order valence-electron chi connectivity index (χ1n) is 6.15. The van der Waals surface area contributed by atoms with Gasteiger partial charge in [-0.25, -0.2) is 18.4 Å². The molecule has 0 radical (unpaired) electrons. The van der Waals surface area contributed by atoms with E-state index in [4.69, 9.17) is 15.6 Å². The summed E-state index contributed by atoms with van der Waals surface area (Å²) in [6.07, 6.45) is 0.315. The van der Waals surface area contributed by atoms with E-state index >= 15 is 0 Å². The zero-order chi connectivity index (χ0) is 15.2. The second kappa shape index (κ2) is 7.11. The third-order valence-corrected chi connectivity index (χ3v) is 3.36. The van der Waals surface area contributed by atoms with E-state index in [0.717, 1.165) is 0 Å². The maximum absolute atomic E-state index is 11.8. The minimum absolute atomic E-state index is 0.137. The lowest BCUT2D eigenvalue weighted by Crippen LogP contribution is -2.19. The Labute approximate surface area is 118 Å². The number of nitrogens with two attached hydrogens (primary N) is 2. The minimum atomic E-state index is -3.49. The van der Waals surface area contributed by atoms with Crippen LogP contribution in [0, 0.1) is 0 Å². The van der Waals surface area contributed by atoms with Crippen molar-refractivity contribution in [3.63, 3.8) is 0 Å². The number of sulfonamides is 1. The van der Waals surface area contributed by atoms with Crippen LogP contribution in [0.1, 0.15) is 23.7 Å². The van der Waals surface area contributed by atoms with Gasteiger partial charge in [-0.3, -0.25) is 0 Å². The Morgan fingerprint density at radius 2 is 2.10 bits per heavy atom. The zero-order valence-electron chi connectivity index (χ0n) is 11.3. The van der Waals surface area contributed by atoms with Gasteiger partial charge < -0.3 is 15.8 Å². The van der Waals surface area contributed by atoms with Crippen molar-refractivity contribution in [2.24, 2.45) is 5.14 Å². The predicted molar refractivity (Wildman–Crippen MR) is 77.9 cm³/mol. The van der Waals surface area contributed by atoms with Gasteiger partial charge in [0, 0.05) is 6.54 Å². The summed E-state index contributed by atoms with van der Waals surface area (Å²) in [5.41, 5.74) is 6.97. The number of nitrogen functional groups attached to an aromatic ring is 1. The van der Waals surface area contributed by atoms with Crippen LogP contribution in [-0.2, 0) is 14.8 Å². The molecule has 1 aromatic rings. The summed E-state index contributed by atoms with van der Waals surface area (Å²) < 4.78 is 26.6. The van der Waals surface area contributed by atoms with Gasteiger partial charge in [0.25, 0.3) is 0 Å². The third-order valence-electron chi connectivity index (χ3n) is 2.50. The Bertz CT molecular complexity index is 572. The number of primary sulfonamides is 1. The van der Waals surface area contributed by atoms with Gasteiger partial charge in [-0.1, -0.05) is 6.07 Å². The number of nitrogens with one attached hydrogen (secondary N) is 1. The van der Waals surface area contributed by atoms with Crippen LogP contribution in [0.3, 0.4) is 0 Å². The molecule has 0 fully saturated rings. The number of ether oxygens (including phenoxy) is 1. The summed E-state index contributed by atoms with van der Waals surface area (Å²) in [5, 5.41) is 7.86. The van der Waals surface area contributed by atoms with Gasteiger partial charge in [-0.2, -0.15) is 0 Å². The molecule has 0 amide bonds. The molecule has 0 spiro atoms. The van der Waals surface area contributed by atoms with Crippen molar-refractivity contribution in [1.82, 2.24) is 0 Å². The number of hydrogen-bond donors (Lipinski definition) is 3. The molecule has 0 aliphatic heterocycles. The molecule has 1 rings (SSSR count). The number of anilines is 2. The van der Waals surface area contributed by atoms with Crippen molar-refractivity contribution in [2.75, 3.05) is 30.0 Å². The molecule has 0 saturated carbocycles. The highest BCUT2D eigenvalue weighted by atomic mass is 32.2. The molecule has 0 atom stereocenters. The van der Waals surface area contributed by atoms with E-state index in [-0.39, 0.29) is 12.4 Å². The van der Waals surface area contributed by atoms with Crippen LogP contribution in [0.2, 0.25) is 0 Å². The first-order valence-corrected chi connectivity index (χ1v) is 7.86. The lowest BCUT2D eigenvalue weighted by Gasteiger charge is -2.13. The Morgan fingerprint density at radius 1 is 1.40 bits per heavy atom. The van der Waals surface area contributed by atoms with E-state index in [1.54, 1.807) is 25.1 Å². The van der Waals surface area contributed by atoms with Crippen molar-refractivity contribution in [3.8, 4) is 0 Å².